The highest BCUT2D eigenvalue weighted by Gasteiger charge is 2.26. The smallest absolute Gasteiger partial charge is 0.309 e. The first-order chi connectivity index (χ1) is 11.9. The molecular formula is C17H22Cl3NO4. The molecule has 5 nitrogen and oxygen atoms in total. The first-order valence-corrected chi connectivity index (χ1v) is 9.38. The van der Waals surface area contributed by atoms with Crippen LogP contribution >= 0.6 is 34.8 Å². The zero-order valence-corrected chi connectivity index (χ0v) is 16.3. The van der Waals surface area contributed by atoms with Crippen LogP contribution in [0.2, 0.25) is 15.1 Å². The summed E-state index contributed by atoms with van der Waals surface area (Å²) in [5, 5.41) is 11.2. The number of hydrogen-bond donors (Lipinski definition) is 1. The van der Waals surface area contributed by atoms with Gasteiger partial charge in [-0.15, -0.1) is 0 Å². The van der Waals surface area contributed by atoms with E-state index in [4.69, 9.17) is 44.3 Å². The van der Waals surface area contributed by atoms with Gasteiger partial charge in [-0.05, 0) is 38.9 Å². The highest BCUT2D eigenvalue weighted by atomic mass is 35.5. The fourth-order valence-corrected chi connectivity index (χ4v) is 3.35. The molecule has 1 N–H and O–H groups in total. The molecule has 1 atom stereocenters. The van der Waals surface area contributed by atoms with Crippen molar-refractivity contribution in [3.63, 3.8) is 0 Å². The molecule has 0 saturated carbocycles. The molecule has 2 rings (SSSR count). The van der Waals surface area contributed by atoms with Gasteiger partial charge in [0.15, 0.2) is 0 Å². The molecule has 1 saturated heterocycles. The number of carbonyl (C=O) groups is 1. The molecule has 1 aromatic rings. The van der Waals surface area contributed by atoms with Crippen molar-refractivity contribution in [1.82, 2.24) is 4.90 Å². The molecule has 0 spiro atoms. The van der Waals surface area contributed by atoms with Gasteiger partial charge in [-0.25, -0.2) is 0 Å². The van der Waals surface area contributed by atoms with Crippen LogP contribution in [0.5, 0.6) is 5.75 Å². The predicted octanol–water partition coefficient (Wildman–Crippen LogP) is 3.66. The van der Waals surface area contributed by atoms with E-state index in [0.29, 0.717) is 34.0 Å². The Morgan fingerprint density at radius 3 is 2.52 bits per heavy atom. The van der Waals surface area contributed by atoms with Crippen molar-refractivity contribution in [3.05, 3.63) is 27.2 Å². The van der Waals surface area contributed by atoms with Crippen LogP contribution in [0, 0.1) is 5.92 Å². The number of rotatable bonds is 7. The summed E-state index contributed by atoms with van der Waals surface area (Å²) >= 11 is 17.9. The summed E-state index contributed by atoms with van der Waals surface area (Å²) in [5.74, 6) is 0.219. The Hall–Kier alpha value is -0.720. The molecule has 0 amide bonds. The lowest BCUT2D eigenvalue weighted by atomic mass is 9.97. The number of hydrogen-bond acceptors (Lipinski definition) is 5. The van der Waals surface area contributed by atoms with Gasteiger partial charge in [-0.3, -0.25) is 4.79 Å². The van der Waals surface area contributed by atoms with Gasteiger partial charge in [0.05, 0.1) is 27.6 Å². The number of halogens is 3. The Kier molecular flexibility index (Phi) is 8.10. The molecule has 140 valence electrons. The van der Waals surface area contributed by atoms with Crippen LogP contribution in [-0.2, 0) is 9.53 Å². The van der Waals surface area contributed by atoms with Crippen LogP contribution in [0.3, 0.4) is 0 Å². The molecule has 0 bridgehead atoms. The van der Waals surface area contributed by atoms with Gasteiger partial charge in [-0.1, -0.05) is 34.8 Å². The molecule has 0 aliphatic carbocycles. The highest BCUT2D eigenvalue weighted by Crippen LogP contribution is 2.33. The van der Waals surface area contributed by atoms with E-state index in [1.807, 2.05) is 6.92 Å². The SMILES string of the molecule is CCOC(=O)C1CCN(CC(O)COc2cc(Cl)c(Cl)cc2Cl)CC1. The molecule has 0 radical (unpaired) electrons. The molecule has 25 heavy (non-hydrogen) atoms. The summed E-state index contributed by atoms with van der Waals surface area (Å²) in [5.41, 5.74) is 0. The lowest BCUT2D eigenvalue weighted by Gasteiger charge is -2.32. The summed E-state index contributed by atoms with van der Waals surface area (Å²) in [6.07, 6.45) is 0.806. The van der Waals surface area contributed by atoms with Crippen LogP contribution in [0.15, 0.2) is 12.1 Å². The average Bonchev–Trinajstić information content (AvgIpc) is 2.58. The maximum atomic E-state index is 11.7. The number of β-amino-alcohol motifs (C(OH)–C–C–N with tert-alkyl or cyclic N) is 1. The maximum Gasteiger partial charge on any atom is 0.309 e. The van der Waals surface area contributed by atoms with Crippen molar-refractivity contribution in [1.29, 1.82) is 0 Å². The third-order valence-corrected chi connectivity index (χ3v) is 5.10. The van der Waals surface area contributed by atoms with E-state index in [-0.39, 0.29) is 18.5 Å². The van der Waals surface area contributed by atoms with E-state index in [1.54, 1.807) is 0 Å². The van der Waals surface area contributed by atoms with Crippen molar-refractivity contribution >= 4 is 40.8 Å². The van der Waals surface area contributed by atoms with Crippen molar-refractivity contribution in [2.45, 2.75) is 25.9 Å². The Balaban J connectivity index is 1.75. The first-order valence-electron chi connectivity index (χ1n) is 8.25. The maximum absolute atomic E-state index is 11.7. The van der Waals surface area contributed by atoms with Crippen molar-refractivity contribution in [2.24, 2.45) is 5.92 Å². The summed E-state index contributed by atoms with van der Waals surface area (Å²) in [6, 6.07) is 3.04. The summed E-state index contributed by atoms with van der Waals surface area (Å²) < 4.78 is 10.6. The first kappa shape index (κ1) is 20.6. The standard InChI is InChI=1S/C17H22Cl3NO4/c1-2-24-17(23)11-3-5-21(6-4-11)9-12(22)10-25-16-8-14(19)13(18)7-15(16)20/h7-8,11-12,22H,2-6,9-10H2,1H3. The molecule has 1 unspecified atom stereocenters. The topological polar surface area (TPSA) is 59.0 Å². The van der Waals surface area contributed by atoms with Crippen LogP contribution < -0.4 is 4.74 Å². The second kappa shape index (κ2) is 9.83. The second-order valence-electron chi connectivity index (χ2n) is 5.99. The number of likely N-dealkylation sites (tertiary alicyclic amines) is 1. The number of aliphatic hydroxyl groups is 1. The van der Waals surface area contributed by atoms with Crippen molar-refractivity contribution in [3.8, 4) is 5.75 Å². The molecule has 8 heteroatoms. The van der Waals surface area contributed by atoms with E-state index in [9.17, 15) is 9.90 Å². The number of piperidine rings is 1. The minimum Gasteiger partial charge on any atom is -0.489 e. The number of esters is 1. The lowest BCUT2D eigenvalue weighted by molar-refractivity contribution is -0.149. The molecule has 1 heterocycles. The van der Waals surface area contributed by atoms with E-state index in [1.165, 1.54) is 12.1 Å². The zero-order valence-electron chi connectivity index (χ0n) is 14.0. The molecule has 0 aromatic heterocycles. The van der Waals surface area contributed by atoms with Gasteiger partial charge in [0.2, 0.25) is 0 Å². The van der Waals surface area contributed by atoms with Crippen LogP contribution in [0.1, 0.15) is 19.8 Å². The van der Waals surface area contributed by atoms with Gasteiger partial charge < -0.3 is 19.5 Å². The Bertz CT molecular complexity index is 592. The largest absolute Gasteiger partial charge is 0.489 e. The summed E-state index contributed by atoms with van der Waals surface area (Å²) in [4.78, 5) is 13.8. The number of ether oxygens (including phenoxy) is 2. The van der Waals surface area contributed by atoms with Crippen molar-refractivity contribution < 1.29 is 19.4 Å². The predicted molar refractivity (Wildman–Crippen MR) is 98.8 cm³/mol. The number of benzene rings is 1. The summed E-state index contributed by atoms with van der Waals surface area (Å²) in [6.45, 7) is 4.27. The van der Waals surface area contributed by atoms with Crippen molar-refractivity contribution in [2.75, 3.05) is 32.8 Å². The van der Waals surface area contributed by atoms with Crippen LogP contribution in [0.25, 0.3) is 0 Å². The molecule has 1 fully saturated rings. The molecular weight excluding hydrogens is 389 g/mol. The van der Waals surface area contributed by atoms with E-state index >= 15 is 0 Å². The Labute approximate surface area is 162 Å². The Morgan fingerprint density at radius 2 is 1.88 bits per heavy atom. The lowest BCUT2D eigenvalue weighted by Crippen LogP contribution is -2.42. The molecule has 1 aliphatic rings. The van der Waals surface area contributed by atoms with E-state index in [2.05, 4.69) is 4.90 Å². The summed E-state index contributed by atoms with van der Waals surface area (Å²) in [7, 11) is 0. The van der Waals surface area contributed by atoms with Gasteiger partial charge in [0.25, 0.3) is 0 Å². The number of nitrogens with zero attached hydrogens (tertiary/aromatic N) is 1. The third kappa shape index (κ3) is 6.19. The van der Waals surface area contributed by atoms with Crippen LogP contribution in [0.4, 0.5) is 0 Å². The fraction of sp³-hybridized carbons (Fsp3) is 0.588. The van der Waals surface area contributed by atoms with Gasteiger partial charge >= 0.3 is 5.97 Å². The fourth-order valence-electron chi connectivity index (χ4n) is 2.76. The van der Waals surface area contributed by atoms with Gasteiger partial charge in [0.1, 0.15) is 18.5 Å². The quantitative estimate of drug-likeness (QED) is 0.549. The minimum absolute atomic E-state index is 0.0420. The van der Waals surface area contributed by atoms with Crippen LogP contribution in [-0.4, -0.2) is 54.9 Å². The second-order valence-corrected chi connectivity index (χ2v) is 7.21. The molecule has 1 aromatic carbocycles. The van der Waals surface area contributed by atoms with E-state index in [0.717, 1.165) is 25.9 Å². The van der Waals surface area contributed by atoms with Gasteiger partial charge in [-0.2, -0.15) is 0 Å². The monoisotopic (exact) mass is 409 g/mol. The number of aliphatic hydroxyl groups excluding tert-OH is 1. The Morgan fingerprint density at radius 1 is 1.24 bits per heavy atom. The minimum atomic E-state index is -0.676. The van der Waals surface area contributed by atoms with E-state index < -0.39 is 6.10 Å². The third-order valence-electron chi connectivity index (χ3n) is 4.08. The normalized spacial score (nSPS) is 17.3. The average molecular weight is 411 g/mol. The number of carbonyl (C=O) groups excluding carboxylic acids is 1. The molecule has 1 aliphatic heterocycles. The van der Waals surface area contributed by atoms with Gasteiger partial charge in [0, 0.05) is 12.6 Å². The highest BCUT2D eigenvalue weighted by molar-refractivity contribution is 6.43. The zero-order chi connectivity index (χ0) is 18.4.